The van der Waals surface area contributed by atoms with E-state index < -0.39 is 4.92 Å². The zero-order chi connectivity index (χ0) is 23.4. The Bertz CT molecular complexity index is 1150. The third-order valence-corrected chi connectivity index (χ3v) is 5.71. The summed E-state index contributed by atoms with van der Waals surface area (Å²) in [4.78, 5) is 26.9. The fraction of sp³-hybridized carbons (Fsp3) is 0.261. The number of aromatic nitrogens is 2. The highest BCUT2D eigenvalue weighted by atomic mass is 35.5. The van der Waals surface area contributed by atoms with Crippen molar-refractivity contribution in [2.24, 2.45) is 0 Å². The predicted molar refractivity (Wildman–Crippen MR) is 125 cm³/mol. The van der Waals surface area contributed by atoms with Gasteiger partial charge >= 0.3 is 0 Å². The lowest BCUT2D eigenvalue weighted by atomic mass is 10.1. The molecule has 0 spiro atoms. The second-order valence-corrected chi connectivity index (χ2v) is 7.84. The first-order valence-electron chi connectivity index (χ1n) is 10.5. The first-order valence-corrected chi connectivity index (χ1v) is 10.9. The lowest BCUT2D eigenvalue weighted by Crippen LogP contribution is -2.49. The summed E-state index contributed by atoms with van der Waals surface area (Å²) < 4.78 is 5.47. The summed E-state index contributed by atoms with van der Waals surface area (Å²) in [7, 11) is 0. The zero-order valence-electron chi connectivity index (χ0n) is 18.0. The minimum absolute atomic E-state index is 0.0763. The molecule has 2 aromatic carbocycles. The number of carbonyl (C=O) groups is 1. The van der Waals surface area contributed by atoms with Crippen molar-refractivity contribution in [2.45, 2.75) is 6.92 Å². The largest absolute Gasteiger partial charge is 0.494 e. The summed E-state index contributed by atoms with van der Waals surface area (Å²) >= 11 is 6.11. The summed E-state index contributed by atoms with van der Waals surface area (Å²) in [5.74, 6) is 1.31. The van der Waals surface area contributed by atoms with Crippen LogP contribution in [-0.2, 0) is 0 Å². The number of rotatable bonds is 6. The topological polar surface area (TPSA) is 102 Å². The van der Waals surface area contributed by atoms with Gasteiger partial charge in [-0.15, -0.1) is 10.2 Å². The van der Waals surface area contributed by atoms with E-state index in [1.54, 1.807) is 4.90 Å². The van der Waals surface area contributed by atoms with Crippen LogP contribution in [0.25, 0.3) is 11.3 Å². The summed E-state index contributed by atoms with van der Waals surface area (Å²) in [5, 5.41) is 19.7. The van der Waals surface area contributed by atoms with Gasteiger partial charge in [-0.3, -0.25) is 14.9 Å². The van der Waals surface area contributed by atoms with Gasteiger partial charge in [0.05, 0.1) is 27.8 Å². The van der Waals surface area contributed by atoms with Crippen LogP contribution in [0.1, 0.15) is 17.3 Å². The quantitative estimate of drug-likeness (QED) is 0.397. The molecule has 33 heavy (non-hydrogen) atoms. The number of amides is 1. The maximum atomic E-state index is 12.8. The number of benzene rings is 2. The van der Waals surface area contributed by atoms with Gasteiger partial charge in [0.1, 0.15) is 5.75 Å². The highest BCUT2D eigenvalue weighted by Gasteiger charge is 2.25. The number of ether oxygens (including phenoxy) is 1. The zero-order valence-corrected chi connectivity index (χ0v) is 18.7. The Labute approximate surface area is 195 Å². The summed E-state index contributed by atoms with van der Waals surface area (Å²) in [6, 6.07) is 15.4. The van der Waals surface area contributed by atoms with E-state index in [-0.39, 0.29) is 22.2 Å². The molecule has 0 radical (unpaired) electrons. The molecule has 0 N–H and O–H groups in total. The van der Waals surface area contributed by atoms with Gasteiger partial charge < -0.3 is 14.5 Å². The van der Waals surface area contributed by atoms with Crippen molar-refractivity contribution in [3.8, 4) is 17.0 Å². The second-order valence-electron chi connectivity index (χ2n) is 7.43. The SMILES string of the molecule is CCOc1ccc(-c2ccc(N3CCN(C(=O)c4ccc([N+](=O)[O-])cc4Cl)CC3)nn2)cc1. The predicted octanol–water partition coefficient (Wildman–Crippen LogP) is 4.07. The van der Waals surface area contributed by atoms with E-state index in [0.717, 1.165) is 22.8 Å². The maximum Gasteiger partial charge on any atom is 0.270 e. The molecule has 0 saturated carbocycles. The Morgan fingerprint density at radius 1 is 1.06 bits per heavy atom. The Balaban J connectivity index is 1.37. The second kappa shape index (κ2) is 9.83. The number of piperazine rings is 1. The van der Waals surface area contributed by atoms with Crippen molar-refractivity contribution >= 4 is 29.0 Å². The molecule has 9 nitrogen and oxygen atoms in total. The number of nitrogens with zero attached hydrogens (tertiary/aromatic N) is 5. The summed E-state index contributed by atoms with van der Waals surface area (Å²) in [6.07, 6.45) is 0. The van der Waals surface area contributed by atoms with Gasteiger partial charge in [-0.2, -0.15) is 0 Å². The standard InChI is InChI=1S/C23H22ClN5O4/c1-2-33-18-6-3-16(4-7-18)21-9-10-22(26-25-21)27-11-13-28(14-12-27)23(30)19-8-5-17(29(31)32)15-20(19)24/h3-10,15H,2,11-14H2,1H3. The van der Waals surface area contributed by atoms with Crippen molar-refractivity contribution in [3.63, 3.8) is 0 Å². The number of halogens is 1. The van der Waals surface area contributed by atoms with Crippen molar-refractivity contribution in [3.05, 3.63) is 75.3 Å². The molecule has 0 aliphatic carbocycles. The van der Waals surface area contributed by atoms with E-state index in [4.69, 9.17) is 16.3 Å². The molecule has 0 atom stereocenters. The monoisotopic (exact) mass is 467 g/mol. The van der Waals surface area contributed by atoms with Crippen molar-refractivity contribution < 1.29 is 14.5 Å². The average molecular weight is 468 g/mol. The molecule has 1 aromatic heterocycles. The van der Waals surface area contributed by atoms with Crippen LogP contribution in [0.5, 0.6) is 5.75 Å². The number of nitro benzene ring substituents is 1. The molecule has 4 rings (SSSR count). The van der Waals surface area contributed by atoms with Gasteiger partial charge in [0.15, 0.2) is 5.82 Å². The van der Waals surface area contributed by atoms with Gasteiger partial charge in [0.25, 0.3) is 11.6 Å². The smallest absolute Gasteiger partial charge is 0.270 e. The van der Waals surface area contributed by atoms with Crippen LogP contribution in [0.4, 0.5) is 11.5 Å². The Morgan fingerprint density at radius 2 is 1.79 bits per heavy atom. The van der Waals surface area contributed by atoms with Crippen LogP contribution in [0.3, 0.4) is 0 Å². The third-order valence-electron chi connectivity index (χ3n) is 5.40. The molecule has 170 valence electrons. The Hall–Kier alpha value is -3.72. The van der Waals surface area contributed by atoms with Crippen LogP contribution in [0.15, 0.2) is 54.6 Å². The fourth-order valence-corrected chi connectivity index (χ4v) is 3.89. The molecule has 1 saturated heterocycles. The molecule has 2 heterocycles. The Kier molecular flexibility index (Phi) is 6.69. The highest BCUT2D eigenvalue weighted by molar-refractivity contribution is 6.34. The molecule has 1 amide bonds. The summed E-state index contributed by atoms with van der Waals surface area (Å²) in [6.45, 7) is 4.70. The lowest BCUT2D eigenvalue weighted by molar-refractivity contribution is -0.384. The van der Waals surface area contributed by atoms with E-state index in [2.05, 4.69) is 15.1 Å². The minimum Gasteiger partial charge on any atom is -0.494 e. The van der Waals surface area contributed by atoms with Crippen LogP contribution in [-0.4, -0.2) is 58.7 Å². The summed E-state index contributed by atoms with van der Waals surface area (Å²) in [5.41, 5.74) is 1.83. The number of hydrogen-bond donors (Lipinski definition) is 0. The molecular weight excluding hydrogens is 446 g/mol. The lowest BCUT2D eigenvalue weighted by Gasteiger charge is -2.35. The number of hydrogen-bond acceptors (Lipinski definition) is 7. The molecule has 3 aromatic rings. The van der Waals surface area contributed by atoms with Gasteiger partial charge in [-0.05, 0) is 49.4 Å². The molecule has 10 heteroatoms. The number of carbonyl (C=O) groups excluding carboxylic acids is 1. The first kappa shape index (κ1) is 22.5. The molecule has 0 unspecified atom stereocenters. The number of anilines is 1. The maximum absolute atomic E-state index is 12.8. The third kappa shape index (κ3) is 5.04. The minimum atomic E-state index is -0.541. The average Bonchev–Trinajstić information content (AvgIpc) is 2.84. The van der Waals surface area contributed by atoms with Crippen LogP contribution < -0.4 is 9.64 Å². The van der Waals surface area contributed by atoms with Gasteiger partial charge in [0.2, 0.25) is 0 Å². The van der Waals surface area contributed by atoms with E-state index in [9.17, 15) is 14.9 Å². The van der Waals surface area contributed by atoms with E-state index >= 15 is 0 Å². The van der Waals surface area contributed by atoms with Crippen LogP contribution in [0.2, 0.25) is 5.02 Å². The van der Waals surface area contributed by atoms with Gasteiger partial charge in [-0.1, -0.05) is 11.6 Å². The fourth-order valence-electron chi connectivity index (χ4n) is 3.64. The van der Waals surface area contributed by atoms with Gasteiger partial charge in [-0.25, -0.2) is 0 Å². The van der Waals surface area contributed by atoms with Crippen molar-refractivity contribution in [1.29, 1.82) is 0 Å². The molecule has 1 aliphatic heterocycles. The van der Waals surface area contributed by atoms with Crippen molar-refractivity contribution in [2.75, 3.05) is 37.7 Å². The van der Waals surface area contributed by atoms with Crippen LogP contribution >= 0.6 is 11.6 Å². The first-order chi connectivity index (χ1) is 16.0. The van der Waals surface area contributed by atoms with Crippen LogP contribution in [0, 0.1) is 10.1 Å². The molecular formula is C23H22ClN5O4. The molecule has 1 fully saturated rings. The van der Waals surface area contributed by atoms with E-state index in [1.807, 2.05) is 43.3 Å². The molecule has 1 aliphatic rings. The van der Waals surface area contributed by atoms with E-state index in [0.29, 0.717) is 32.8 Å². The number of non-ortho nitro benzene ring substituents is 1. The van der Waals surface area contributed by atoms with Gasteiger partial charge in [0, 0.05) is 43.9 Å². The highest BCUT2D eigenvalue weighted by Crippen LogP contribution is 2.25. The Morgan fingerprint density at radius 3 is 2.36 bits per heavy atom. The van der Waals surface area contributed by atoms with Crippen molar-refractivity contribution in [1.82, 2.24) is 15.1 Å². The normalized spacial score (nSPS) is 13.6. The number of nitro groups is 1. The molecule has 0 bridgehead atoms. The van der Waals surface area contributed by atoms with E-state index in [1.165, 1.54) is 18.2 Å².